The highest BCUT2D eigenvalue weighted by atomic mass is 32.2. The summed E-state index contributed by atoms with van der Waals surface area (Å²) in [5.41, 5.74) is 0. The zero-order valence-corrected chi connectivity index (χ0v) is 16.3. The minimum Gasteiger partial charge on any atom is -0.481 e. The molecule has 0 aliphatic rings. The van der Waals surface area contributed by atoms with Crippen LogP contribution in [0.4, 0.5) is 0 Å². The first-order chi connectivity index (χ1) is 12.2. The fraction of sp³-hybridized carbons (Fsp3) is 0.778. The van der Waals surface area contributed by atoms with Crippen LogP contribution < -0.4 is 0 Å². The fourth-order valence-corrected chi connectivity index (χ4v) is 3.54. The van der Waals surface area contributed by atoms with Crippen molar-refractivity contribution in [1.82, 2.24) is 0 Å². The van der Waals surface area contributed by atoms with Crippen LogP contribution in [-0.4, -0.2) is 39.9 Å². The van der Waals surface area contributed by atoms with Crippen LogP contribution in [0.15, 0.2) is 12.2 Å². The van der Waals surface area contributed by atoms with Gasteiger partial charge in [0.25, 0.3) is 10.1 Å². The molecule has 3 N–H and O–H groups in total. The summed E-state index contributed by atoms with van der Waals surface area (Å²) in [6, 6.07) is 0. The molecule has 0 aliphatic carbocycles. The molecule has 0 aromatic carbocycles. The molecular formula is C18H32O7S. The minimum atomic E-state index is -5.10. The first-order valence-electron chi connectivity index (χ1n) is 9.27. The highest BCUT2D eigenvalue weighted by Crippen LogP contribution is 2.24. The predicted octanol–water partition coefficient (Wildman–Crippen LogP) is 4.04. The quantitative estimate of drug-likeness (QED) is 0.205. The zero-order valence-electron chi connectivity index (χ0n) is 15.5. The lowest BCUT2D eigenvalue weighted by Gasteiger charge is -2.20. The van der Waals surface area contributed by atoms with Gasteiger partial charge in [-0.3, -0.25) is 14.1 Å². The summed E-state index contributed by atoms with van der Waals surface area (Å²) >= 11 is 0. The van der Waals surface area contributed by atoms with Gasteiger partial charge in [-0.1, -0.05) is 76.9 Å². The Hall–Kier alpha value is -1.41. The topological polar surface area (TPSA) is 129 Å². The molecule has 7 nitrogen and oxygen atoms in total. The molecule has 1 unspecified atom stereocenters. The number of unbranched alkanes of at least 4 members (excludes halogenated alkanes) is 10. The van der Waals surface area contributed by atoms with Gasteiger partial charge in [0, 0.05) is 0 Å². The van der Waals surface area contributed by atoms with E-state index >= 15 is 0 Å². The summed E-state index contributed by atoms with van der Waals surface area (Å²) in [6.45, 7) is 2.19. The van der Waals surface area contributed by atoms with Gasteiger partial charge in [0.05, 0.1) is 6.42 Å². The van der Waals surface area contributed by atoms with Crippen molar-refractivity contribution in [2.75, 3.05) is 0 Å². The second-order valence-corrected chi connectivity index (χ2v) is 8.29. The average molecular weight is 393 g/mol. The van der Waals surface area contributed by atoms with Crippen molar-refractivity contribution in [1.29, 1.82) is 0 Å². The van der Waals surface area contributed by atoms with E-state index in [4.69, 9.17) is 10.2 Å². The van der Waals surface area contributed by atoms with Gasteiger partial charge in [0.2, 0.25) is 4.75 Å². The Morgan fingerprint density at radius 3 is 1.73 bits per heavy atom. The Bertz CT molecular complexity index is 554. The number of rotatable bonds is 16. The van der Waals surface area contributed by atoms with E-state index in [1.807, 2.05) is 0 Å². The summed E-state index contributed by atoms with van der Waals surface area (Å²) in [5.74, 6) is -3.52. The highest BCUT2D eigenvalue weighted by molar-refractivity contribution is 7.88. The molecule has 0 radical (unpaired) electrons. The summed E-state index contributed by atoms with van der Waals surface area (Å²) in [4.78, 5) is 22.1. The van der Waals surface area contributed by atoms with Crippen LogP contribution in [0.1, 0.15) is 84.0 Å². The van der Waals surface area contributed by atoms with Crippen LogP contribution in [0.5, 0.6) is 0 Å². The first-order valence-corrected chi connectivity index (χ1v) is 10.7. The van der Waals surface area contributed by atoms with E-state index < -0.39 is 33.2 Å². The van der Waals surface area contributed by atoms with Crippen LogP contribution in [0, 0.1) is 0 Å². The normalized spacial score (nSPS) is 14.4. The number of carboxylic acids is 2. The molecule has 0 saturated carbocycles. The monoisotopic (exact) mass is 392 g/mol. The maximum atomic E-state index is 11.4. The molecule has 0 amide bonds. The van der Waals surface area contributed by atoms with Gasteiger partial charge >= 0.3 is 11.9 Å². The maximum absolute atomic E-state index is 11.4. The molecule has 0 fully saturated rings. The van der Waals surface area contributed by atoms with Gasteiger partial charge < -0.3 is 10.2 Å². The first kappa shape index (κ1) is 24.6. The lowest BCUT2D eigenvalue weighted by Crippen LogP contribution is -2.46. The van der Waals surface area contributed by atoms with Gasteiger partial charge in [0.15, 0.2) is 0 Å². The molecule has 0 heterocycles. The Balaban J connectivity index is 4.26. The molecule has 0 rings (SSSR count). The molecule has 0 aromatic heterocycles. The van der Waals surface area contributed by atoms with Crippen molar-refractivity contribution >= 4 is 22.1 Å². The second kappa shape index (κ2) is 12.9. The SMILES string of the molecule is CCCCCCCCCCCCC=CC(CC(=O)O)(C(=O)O)S(=O)(=O)O. The third-order valence-electron chi connectivity index (χ3n) is 4.35. The summed E-state index contributed by atoms with van der Waals surface area (Å²) in [5, 5.41) is 17.9. The number of carboxylic acid groups (broad SMARTS) is 2. The molecule has 1 atom stereocenters. The van der Waals surface area contributed by atoms with Crippen molar-refractivity contribution < 1.29 is 32.8 Å². The fourth-order valence-electron chi connectivity index (χ4n) is 2.74. The standard InChI is InChI=1S/C18H32O7S/c1-2-3-4-5-6-7-8-9-10-11-12-13-14-18(17(21)22,15-16(19)20)26(23,24)25/h13-14H,2-12,15H2,1H3,(H,19,20)(H,21,22)(H,23,24,25). The lowest BCUT2D eigenvalue weighted by molar-refractivity contribution is -0.145. The van der Waals surface area contributed by atoms with Crippen LogP contribution in [-0.2, 0) is 19.7 Å². The zero-order chi connectivity index (χ0) is 20.1. The third-order valence-corrected chi connectivity index (χ3v) is 5.72. The summed E-state index contributed by atoms with van der Waals surface area (Å²) in [7, 11) is -5.10. The molecule has 0 aliphatic heterocycles. The van der Waals surface area contributed by atoms with Crippen molar-refractivity contribution in [3.05, 3.63) is 12.2 Å². The summed E-state index contributed by atoms with van der Waals surface area (Å²) in [6.07, 6.45) is 12.7. The van der Waals surface area contributed by atoms with Crippen LogP contribution in [0.25, 0.3) is 0 Å². The molecule has 26 heavy (non-hydrogen) atoms. The molecule has 8 heteroatoms. The average Bonchev–Trinajstić information content (AvgIpc) is 2.53. The molecular weight excluding hydrogens is 360 g/mol. The Labute approximate surface area is 156 Å². The Morgan fingerprint density at radius 1 is 0.885 bits per heavy atom. The van der Waals surface area contributed by atoms with Crippen LogP contribution in [0.3, 0.4) is 0 Å². The third kappa shape index (κ3) is 9.33. The van der Waals surface area contributed by atoms with Crippen LogP contribution >= 0.6 is 0 Å². The van der Waals surface area contributed by atoms with Crippen molar-refractivity contribution in [2.24, 2.45) is 0 Å². The largest absolute Gasteiger partial charge is 0.481 e. The van der Waals surface area contributed by atoms with E-state index in [9.17, 15) is 22.6 Å². The second-order valence-electron chi connectivity index (χ2n) is 6.61. The van der Waals surface area contributed by atoms with Crippen LogP contribution in [0.2, 0.25) is 0 Å². The van der Waals surface area contributed by atoms with E-state index in [1.165, 1.54) is 44.6 Å². The molecule has 0 bridgehead atoms. The van der Waals surface area contributed by atoms with Gasteiger partial charge in [-0.2, -0.15) is 8.42 Å². The Kier molecular flexibility index (Phi) is 12.2. The molecule has 0 spiro atoms. The minimum absolute atomic E-state index is 0.431. The molecule has 0 saturated heterocycles. The Morgan fingerprint density at radius 2 is 1.35 bits per heavy atom. The number of allylic oxidation sites excluding steroid dienone is 1. The van der Waals surface area contributed by atoms with Crippen molar-refractivity contribution in [3.63, 3.8) is 0 Å². The number of carbonyl (C=O) groups is 2. The number of hydrogen-bond donors (Lipinski definition) is 3. The van der Waals surface area contributed by atoms with Gasteiger partial charge in [-0.15, -0.1) is 0 Å². The van der Waals surface area contributed by atoms with Crippen molar-refractivity contribution in [3.8, 4) is 0 Å². The maximum Gasteiger partial charge on any atom is 0.332 e. The van der Waals surface area contributed by atoms with E-state index in [1.54, 1.807) is 0 Å². The lowest BCUT2D eigenvalue weighted by atomic mass is 10.0. The highest BCUT2D eigenvalue weighted by Gasteiger charge is 2.50. The predicted molar refractivity (Wildman–Crippen MR) is 99.8 cm³/mol. The molecule has 0 aromatic rings. The van der Waals surface area contributed by atoms with E-state index in [-0.39, 0.29) is 0 Å². The van der Waals surface area contributed by atoms with Gasteiger partial charge in [-0.25, -0.2) is 0 Å². The van der Waals surface area contributed by atoms with Gasteiger partial charge in [0.1, 0.15) is 0 Å². The number of aliphatic carboxylic acids is 2. The summed E-state index contributed by atoms with van der Waals surface area (Å²) < 4.78 is 29.2. The van der Waals surface area contributed by atoms with E-state index in [2.05, 4.69) is 6.92 Å². The molecule has 152 valence electrons. The number of hydrogen-bond acceptors (Lipinski definition) is 4. The van der Waals surface area contributed by atoms with Gasteiger partial charge in [-0.05, 0) is 12.8 Å². The van der Waals surface area contributed by atoms with E-state index in [0.29, 0.717) is 6.42 Å². The smallest absolute Gasteiger partial charge is 0.332 e. The van der Waals surface area contributed by atoms with Crippen molar-refractivity contribution in [2.45, 2.75) is 88.7 Å². The van der Waals surface area contributed by atoms with E-state index in [0.717, 1.165) is 31.8 Å².